The second-order valence-corrected chi connectivity index (χ2v) is 9.06. The van der Waals surface area contributed by atoms with Crippen LogP contribution in [0.25, 0.3) is 5.57 Å². The minimum absolute atomic E-state index is 0.00370. The Morgan fingerprint density at radius 2 is 2.03 bits per heavy atom. The Labute approximate surface area is 210 Å². The Kier molecular flexibility index (Phi) is 9.07. The molecule has 0 aromatic heterocycles. The zero-order valence-electron chi connectivity index (χ0n) is 26.1. The molecule has 0 saturated heterocycles. The summed E-state index contributed by atoms with van der Waals surface area (Å²) in [6.45, 7) is 3.70. The lowest BCUT2D eigenvalue weighted by molar-refractivity contribution is 0.0862. The van der Waals surface area contributed by atoms with E-state index in [0.29, 0.717) is 17.6 Å². The molecule has 0 radical (unpaired) electrons. The third-order valence-electron chi connectivity index (χ3n) is 6.13. The summed E-state index contributed by atoms with van der Waals surface area (Å²) in [6.07, 6.45) is 5.36. The van der Waals surface area contributed by atoms with Gasteiger partial charge >= 0.3 is 0 Å². The van der Waals surface area contributed by atoms with E-state index < -0.39 is 37.9 Å². The summed E-state index contributed by atoms with van der Waals surface area (Å²) < 4.78 is 47.6. The van der Waals surface area contributed by atoms with Gasteiger partial charge in [0.05, 0.1) is 18.3 Å². The molecular weight excluding hydrogens is 408 g/mol. The third-order valence-corrected chi connectivity index (χ3v) is 6.13. The molecule has 0 aliphatic heterocycles. The van der Waals surface area contributed by atoms with Gasteiger partial charge in [0.2, 0.25) is 0 Å². The molecule has 0 spiro atoms. The van der Waals surface area contributed by atoms with E-state index in [0.717, 1.165) is 48.8 Å². The molecular formula is C30H46O3. The molecule has 2 rings (SSSR count). The lowest BCUT2D eigenvalue weighted by Crippen LogP contribution is -2.26. The van der Waals surface area contributed by atoms with Crippen LogP contribution in [-0.2, 0) is 6.37 Å². The number of aliphatic hydroxyl groups is 3. The third kappa shape index (κ3) is 10.4. The van der Waals surface area contributed by atoms with Crippen molar-refractivity contribution < 1.29 is 23.5 Å². The predicted molar refractivity (Wildman–Crippen MR) is 140 cm³/mol. The molecule has 1 aliphatic carbocycles. The Morgan fingerprint density at radius 1 is 1.21 bits per heavy atom. The van der Waals surface area contributed by atoms with Gasteiger partial charge in [0.15, 0.2) is 0 Å². The molecule has 0 amide bonds. The smallest absolute Gasteiger partial charge is 0.0811 e. The lowest BCUT2D eigenvalue weighted by atomic mass is 9.85. The van der Waals surface area contributed by atoms with Gasteiger partial charge in [0, 0.05) is 14.6 Å². The monoisotopic (exact) mass is 460 g/mol. The van der Waals surface area contributed by atoms with Crippen LogP contribution in [0.2, 0.25) is 0 Å². The zero-order valence-corrected chi connectivity index (χ0v) is 20.1. The Balaban J connectivity index is 2.26. The number of rotatable bonds is 14. The molecule has 33 heavy (non-hydrogen) atoms. The first-order valence-corrected chi connectivity index (χ1v) is 12.4. The van der Waals surface area contributed by atoms with Gasteiger partial charge < -0.3 is 15.3 Å². The van der Waals surface area contributed by atoms with Crippen LogP contribution in [0, 0.1) is 0 Å². The van der Waals surface area contributed by atoms with Crippen molar-refractivity contribution in [2.45, 2.75) is 115 Å². The minimum atomic E-state index is -2.47. The molecule has 0 bridgehead atoms. The Bertz CT molecular complexity index is 985. The fourth-order valence-corrected chi connectivity index (χ4v) is 4.11. The Hall–Kier alpha value is -1.68. The highest BCUT2D eigenvalue weighted by molar-refractivity contribution is 5.68. The van der Waals surface area contributed by atoms with Gasteiger partial charge in [-0.1, -0.05) is 88.4 Å². The molecule has 1 aliphatic rings. The van der Waals surface area contributed by atoms with E-state index in [9.17, 15) is 15.3 Å². The van der Waals surface area contributed by atoms with Gasteiger partial charge in [-0.05, 0) is 73.2 Å². The summed E-state index contributed by atoms with van der Waals surface area (Å²) in [5.74, 6) is 0. The maximum Gasteiger partial charge on any atom is 0.0811 e. The van der Waals surface area contributed by atoms with E-state index in [4.69, 9.17) is 8.22 Å². The number of unbranched alkanes of at least 4 members (excludes halogenated alkanes) is 4. The van der Waals surface area contributed by atoms with E-state index >= 15 is 0 Å². The molecule has 1 fully saturated rings. The van der Waals surface area contributed by atoms with E-state index in [1.165, 1.54) is 6.42 Å². The molecule has 1 aromatic carbocycles. The summed E-state index contributed by atoms with van der Waals surface area (Å²) in [6, 6.07) is 7.18. The van der Waals surface area contributed by atoms with Crippen LogP contribution in [0.3, 0.4) is 0 Å². The van der Waals surface area contributed by atoms with Gasteiger partial charge in [-0.2, -0.15) is 0 Å². The fraction of sp³-hybridized carbons (Fsp3) is 0.600. The van der Waals surface area contributed by atoms with Gasteiger partial charge in [-0.25, -0.2) is 0 Å². The quantitative estimate of drug-likeness (QED) is 0.264. The number of allylic oxidation sites excluding steroid dienone is 3. The SMILES string of the molecule is [2H]C(CCCC(O)C([2H])([2H])[2H])C([2H])([2H])c1cccc(/C(=C/C=C2/C[C@@H](O)C[C@H](O)C2=C)CCCCCCC)c1. The van der Waals surface area contributed by atoms with E-state index in [1.54, 1.807) is 18.2 Å². The largest absolute Gasteiger partial charge is 0.393 e. The lowest BCUT2D eigenvalue weighted by Gasteiger charge is -2.26. The van der Waals surface area contributed by atoms with Crippen molar-refractivity contribution >= 4 is 5.57 Å². The van der Waals surface area contributed by atoms with Crippen LogP contribution >= 0.6 is 0 Å². The van der Waals surface area contributed by atoms with Crippen molar-refractivity contribution in [1.29, 1.82) is 0 Å². The normalized spacial score (nSPS) is 26.0. The molecule has 3 heteroatoms. The Morgan fingerprint density at radius 3 is 2.82 bits per heavy atom. The van der Waals surface area contributed by atoms with Crippen LogP contribution in [-0.4, -0.2) is 33.6 Å². The van der Waals surface area contributed by atoms with E-state index in [2.05, 4.69) is 13.5 Å². The first-order chi connectivity index (χ1) is 18.3. The zero-order chi connectivity index (χ0) is 29.2. The van der Waals surface area contributed by atoms with Crippen LogP contribution in [0.4, 0.5) is 0 Å². The first-order valence-electron chi connectivity index (χ1n) is 15.5. The highest BCUT2D eigenvalue weighted by Gasteiger charge is 2.24. The van der Waals surface area contributed by atoms with Crippen molar-refractivity contribution in [3.8, 4) is 0 Å². The number of hydrogen-bond acceptors (Lipinski definition) is 3. The standard InChI is InChI=1S/C30H46O3/c1-4-5-6-7-11-16-26(18-19-27-21-29(32)22-30(33)24(27)3)28-17-12-15-25(20-28)14-10-8-9-13-23(2)31/h12,15,17-20,23,29-33H,3-11,13-14,16,21-22H2,1-2H3/b26-18+,27-19-/t23?,29-,30+/m1/s1/i2D3,10D,14D2/t10?,23?,29-,30+. The topological polar surface area (TPSA) is 60.7 Å². The average Bonchev–Trinajstić information content (AvgIpc) is 2.87. The summed E-state index contributed by atoms with van der Waals surface area (Å²) in [7, 11) is 0. The highest BCUT2D eigenvalue weighted by Crippen LogP contribution is 2.30. The van der Waals surface area contributed by atoms with Crippen molar-refractivity contribution in [2.24, 2.45) is 0 Å². The molecule has 4 atom stereocenters. The van der Waals surface area contributed by atoms with Crippen molar-refractivity contribution in [3.63, 3.8) is 0 Å². The number of aliphatic hydroxyl groups excluding tert-OH is 3. The summed E-state index contributed by atoms with van der Waals surface area (Å²) in [4.78, 5) is 0. The fourth-order valence-electron chi connectivity index (χ4n) is 4.11. The summed E-state index contributed by atoms with van der Waals surface area (Å²) >= 11 is 0. The molecule has 1 saturated carbocycles. The minimum Gasteiger partial charge on any atom is -0.393 e. The van der Waals surface area contributed by atoms with Crippen molar-refractivity contribution in [2.75, 3.05) is 0 Å². The van der Waals surface area contributed by atoms with Gasteiger partial charge in [-0.3, -0.25) is 0 Å². The average molecular weight is 461 g/mol. The summed E-state index contributed by atoms with van der Waals surface area (Å²) in [5.41, 5.74) is 3.68. The van der Waals surface area contributed by atoms with Crippen LogP contribution < -0.4 is 0 Å². The second-order valence-electron chi connectivity index (χ2n) is 9.06. The van der Waals surface area contributed by atoms with Crippen molar-refractivity contribution in [1.82, 2.24) is 0 Å². The number of benzene rings is 1. The number of aryl methyl sites for hydroxylation is 1. The summed E-state index contributed by atoms with van der Waals surface area (Å²) in [5, 5.41) is 30.1. The van der Waals surface area contributed by atoms with Crippen molar-refractivity contribution in [3.05, 3.63) is 65.3 Å². The molecule has 184 valence electrons. The first kappa shape index (κ1) is 19.6. The number of hydrogen-bond donors (Lipinski definition) is 3. The maximum absolute atomic E-state index is 10.2. The molecule has 3 nitrogen and oxygen atoms in total. The van der Waals surface area contributed by atoms with Gasteiger partial charge in [-0.15, -0.1) is 0 Å². The second kappa shape index (κ2) is 15.3. The predicted octanol–water partition coefficient (Wildman–Crippen LogP) is 6.91. The van der Waals surface area contributed by atoms with E-state index in [1.807, 2.05) is 18.2 Å². The highest BCUT2D eigenvalue weighted by atomic mass is 16.3. The maximum atomic E-state index is 10.2. The van der Waals surface area contributed by atoms with E-state index in [-0.39, 0.29) is 25.7 Å². The van der Waals surface area contributed by atoms with Gasteiger partial charge in [0.1, 0.15) is 0 Å². The van der Waals surface area contributed by atoms with Crippen LogP contribution in [0.1, 0.15) is 110 Å². The van der Waals surface area contributed by atoms with Gasteiger partial charge in [0.25, 0.3) is 0 Å². The molecule has 0 heterocycles. The van der Waals surface area contributed by atoms with Crippen LogP contribution in [0.5, 0.6) is 0 Å². The molecule has 1 aromatic rings. The molecule has 3 N–H and O–H groups in total. The molecule has 2 unspecified atom stereocenters. The van der Waals surface area contributed by atoms with Crippen LogP contribution in [0.15, 0.2) is 54.1 Å².